The molecule has 0 saturated carbocycles. The second kappa shape index (κ2) is 6.57. The van der Waals surface area contributed by atoms with Gasteiger partial charge in [-0.2, -0.15) is 0 Å². The molecule has 0 aliphatic rings. The summed E-state index contributed by atoms with van der Waals surface area (Å²) in [5.74, 6) is 0.378. The Morgan fingerprint density at radius 2 is 1.77 bits per heavy atom. The molecule has 0 N–H and O–H groups in total. The van der Waals surface area contributed by atoms with Crippen molar-refractivity contribution in [2.24, 2.45) is 0 Å². The van der Waals surface area contributed by atoms with Crippen molar-refractivity contribution in [1.82, 2.24) is 0 Å². The zero-order valence-electron chi connectivity index (χ0n) is 11.9. The van der Waals surface area contributed by atoms with Crippen molar-refractivity contribution in [2.75, 3.05) is 14.2 Å². The fourth-order valence-corrected chi connectivity index (χ4v) is 1.84. The van der Waals surface area contributed by atoms with Crippen LogP contribution in [0.5, 0.6) is 17.2 Å². The quantitative estimate of drug-likeness (QED) is 0.479. The molecule has 0 radical (unpaired) electrons. The van der Waals surface area contributed by atoms with Gasteiger partial charge in [-0.3, -0.25) is 10.1 Å². The molecule has 7 heteroatoms. The number of methoxy groups -OCH3 is 2. The maximum Gasteiger partial charge on any atom is 0.345 e. The summed E-state index contributed by atoms with van der Waals surface area (Å²) in [6, 6.07) is 10.8. The van der Waals surface area contributed by atoms with Gasteiger partial charge in [-0.05, 0) is 18.2 Å². The fourth-order valence-electron chi connectivity index (χ4n) is 1.84. The van der Waals surface area contributed by atoms with Crippen LogP contribution in [0, 0.1) is 10.1 Å². The minimum Gasteiger partial charge on any atom is -0.493 e. The number of carbonyl (C=O) groups is 1. The number of esters is 1. The number of hydrogen-bond donors (Lipinski definition) is 0. The molecule has 0 amide bonds. The number of carbonyl (C=O) groups excluding carboxylic acids is 1. The molecule has 0 aromatic heterocycles. The van der Waals surface area contributed by atoms with Crippen LogP contribution in [0.3, 0.4) is 0 Å². The van der Waals surface area contributed by atoms with Crippen molar-refractivity contribution in [3.05, 3.63) is 58.1 Å². The largest absolute Gasteiger partial charge is 0.493 e. The number of nitrogens with zero attached hydrogens (tertiary/aromatic N) is 1. The first-order chi connectivity index (χ1) is 10.6. The fraction of sp³-hybridized carbons (Fsp3) is 0.133. The lowest BCUT2D eigenvalue weighted by atomic mass is 10.1. The molecule has 0 atom stereocenters. The van der Waals surface area contributed by atoms with Crippen LogP contribution in [0.25, 0.3) is 0 Å². The molecule has 114 valence electrons. The summed E-state index contributed by atoms with van der Waals surface area (Å²) in [4.78, 5) is 22.0. The van der Waals surface area contributed by atoms with Crippen LogP contribution in [0.4, 0.5) is 5.69 Å². The molecule has 7 nitrogen and oxygen atoms in total. The molecule has 0 spiro atoms. The average Bonchev–Trinajstić information content (AvgIpc) is 2.54. The van der Waals surface area contributed by atoms with E-state index in [4.69, 9.17) is 9.47 Å². The van der Waals surface area contributed by atoms with E-state index < -0.39 is 10.9 Å². The molecule has 0 unspecified atom stereocenters. The predicted molar refractivity (Wildman–Crippen MR) is 77.5 cm³/mol. The molecule has 2 aromatic carbocycles. The first-order valence-electron chi connectivity index (χ1n) is 6.24. The lowest BCUT2D eigenvalue weighted by molar-refractivity contribution is -0.385. The number of para-hydroxylation sites is 2. The van der Waals surface area contributed by atoms with E-state index in [9.17, 15) is 14.9 Å². The first-order valence-corrected chi connectivity index (χ1v) is 6.24. The molecule has 2 aromatic rings. The summed E-state index contributed by atoms with van der Waals surface area (Å²) in [5.41, 5.74) is -0.529. The second-order valence-electron chi connectivity index (χ2n) is 4.18. The minimum absolute atomic E-state index is 0.181. The number of benzene rings is 2. The zero-order valence-corrected chi connectivity index (χ0v) is 11.9. The smallest absolute Gasteiger partial charge is 0.345 e. The number of nitro groups is 1. The van der Waals surface area contributed by atoms with E-state index in [1.807, 2.05) is 0 Å². The van der Waals surface area contributed by atoms with Crippen molar-refractivity contribution in [1.29, 1.82) is 0 Å². The number of rotatable bonds is 5. The van der Waals surface area contributed by atoms with Crippen molar-refractivity contribution in [3.8, 4) is 17.2 Å². The van der Waals surface area contributed by atoms with Crippen LogP contribution < -0.4 is 9.47 Å². The standard InChI is InChI=1S/C15H13NO6/c1-20-13-5-3-4-6-14(13)22-10-7-8-12(16(18)19)11(9-10)15(17)21-2/h3-9H,1-2H3. The van der Waals surface area contributed by atoms with Crippen molar-refractivity contribution >= 4 is 11.7 Å². The summed E-state index contributed by atoms with van der Waals surface area (Å²) in [6.07, 6.45) is 0. The summed E-state index contributed by atoms with van der Waals surface area (Å²) in [6.45, 7) is 0. The Hall–Kier alpha value is -3.09. The molecule has 0 heterocycles. The van der Waals surface area contributed by atoms with Gasteiger partial charge < -0.3 is 14.2 Å². The van der Waals surface area contributed by atoms with E-state index in [2.05, 4.69) is 4.74 Å². The predicted octanol–water partition coefficient (Wildman–Crippen LogP) is 3.18. The second-order valence-corrected chi connectivity index (χ2v) is 4.18. The monoisotopic (exact) mass is 303 g/mol. The minimum atomic E-state index is -0.808. The van der Waals surface area contributed by atoms with Crippen molar-refractivity contribution < 1.29 is 23.9 Å². The van der Waals surface area contributed by atoms with Gasteiger partial charge >= 0.3 is 5.97 Å². The molecule has 22 heavy (non-hydrogen) atoms. The topological polar surface area (TPSA) is 87.9 Å². The van der Waals surface area contributed by atoms with Gasteiger partial charge in [-0.1, -0.05) is 12.1 Å². The first kappa shape index (κ1) is 15.3. The number of ether oxygens (including phenoxy) is 3. The van der Waals surface area contributed by atoms with Gasteiger partial charge in [0, 0.05) is 12.1 Å². The molecular formula is C15H13NO6. The Morgan fingerprint density at radius 1 is 1.09 bits per heavy atom. The highest BCUT2D eigenvalue weighted by molar-refractivity contribution is 5.94. The maximum absolute atomic E-state index is 11.7. The Labute approximate surface area is 126 Å². The Bertz CT molecular complexity index is 713. The summed E-state index contributed by atoms with van der Waals surface area (Å²) in [5, 5.41) is 10.9. The Kier molecular flexibility index (Phi) is 4.57. The third kappa shape index (κ3) is 3.14. The van der Waals surface area contributed by atoms with E-state index in [-0.39, 0.29) is 17.0 Å². The van der Waals surface area contributed by atoms with E-state index in [0.29, 0.717) is 11.5 Å². The molecule has 0 aliphatic carbocycles. The van der Waals surface area contributed by atoms with Gasteiger partial charge in [0.05, 0.1) is 19.1 Å². The van der Waals surface area contributed by atoms with E-state index in [1.165, 1.54) is 25.3 Å². The van der Waals surface area contributed by atoms with Crippen LogP contribution in [0.15, 0.2) is 42.5 Å². The summed E-state index contributed by atoms with van der Waals surface area (Å²) < 4.78 is 15.3. The van der Waals surface area contributed by atoms with Gasteiger partial charge in [-0.15, -0.1) is 0 Å². The van der Waals surface area contributed by atoms with Crippen LogP contribution in [0.1, 0.15) is 10.4 Å². The highest BCUT2D eigenvalue weighted by Crippen LogP contribution is 2.33. The molecule has 0 aliphatic heterocycles. The maximum atomic E-state index is 11.7. The van der Waals surface area contributed by atoms with E-state index in [1.54, 1.807) is 24.3 Å². The number of nitro benzene ring substituents is 1. The van der Waals surface area contributed by atoms with Gasteiger partial charge in [0.25, 0.3) is 5.69 Å². The summed E-state index contributed by atoms with van der Waals surface area (Å²) >= 11 is 0. The number of hydrogen-bond acceptors (Lipinski definition) is 6. The van der Waals surface area contributed by atoms with E-state index in [0.717, 1.165) is 7.11 Å². The molecular weight excluding hydrogens is 290 g/mol. The Balaban J connectivity index is 2.40. The third-order valence-electron chi connectivity index (χ3n) is 2.87. The Morgan fingerprint density at radius 3 is 2.36 bits per heavy atom. The SMILES string of the molecule is COC(=O)c1cc(Oc2ccccc2OC)ccc1[N+](=O)[O-]. The van der Waals surface area contributed by atoms with Crippen molar-refractivity contribution in [3.63, 3.8) is 0 Å². The normalized spacial score (nSPS) is 9.91. The molecule has 0 fully saturated rings. The van der Waals surface area contributed by atoms with Gasteiger partial charge in [0.2, 0.25) is 0 Å². The van der Waals surface area contributed by atoms with Crippen molar-refractivity contribution in [2.45, 2.75) is 0 Å². The lowest BCUT2D eigenvalue weighted by Crippen LogP contribution is -2.06. The van der Waals surface area contributed by atoms with Gasteiger partial charge in [-0.25, -0.2) is 4.79 Å². The van der Waals surface area contributed by atoms with Gasteiger partial charge in [0.15, 0.2) is 11.5 Å². The van der Waals surface area contributed by atoms with Crippen LogP contribution >= 0.6 is 0 Å². The molecule has 0 saturated heterocycles. The average molecular weight is 303 g/mol. The van der Waals surface area contributed by atoms with Crippen LogP contribution in [-0.4, -0.2) is 25.1 Å². The van der Waals surface area contributed by atoms with Crippen LogP contribution in [-0.2, 0) is 4.74 Å². The summed E-state index contributed by atoms with van der Waals surface area (Å²) in [7, 11) is 2.65. The van der Waals surface area contributed by atoms with Crippen LogP contribution in [0.2, 0.25) is 0 Å². The van der Waals surface area contributed by atoms with Gasteiger partial charge in [0.1, 0.15) is 11.3 Å². The lowest BCUT2D eigenvalue weighted by Gasteiger charge is -2.10. The highest BCUT2D eigenvalue weighted by atomic mass is 16.6. The molecule has 2 rings (SSSR count). The molecule has 0 bridgehead atoms. The van der Waals surface area contributed by atoms with E-state index >= 15 is 0 Å². The highest BCUT2D eigenvalue weighted by Gasteiger charge is 2.22. The zero-order chi connectivity index (χ0) is 16.1. The third-order valence-corrected chi connectivity index (χ3v) is 2.87.